The Kier molecular flexibility index (Phi) is 3.81. The summed E-state index contributed by atoms with van der Waals surface area (Å²) in [6.45, 7) is 0. The maximum Gasteiger partial charge on any atom is 0.145 e. The summed E-state index contributed by atoms with van der Waals surface area (Å²) in [4.78, 5) is 4.94. The van der Waals surface area contributed by atoms with Crippen molar-refractivity contribution in [3.8, 4) is 22.9 Å². The fourth-order valence-electron chi connectivity index (χ4n) is 4.09. The Balaban J connectivity index is 1.43. The Bertz CT molecular complexity index is 1340. The first-order valence-corrected chi connectivity index (χ1v) is 10.0. The molecule has 1 N–H and O–H groups in total. The molecule has 0 aliphatic carbocycles. The van der Waals surface area contributed by atoms with Gasteiger partial charge >= 0.3 is 0 Å². The molecule has 144 valence electrons. The molecule has 5 aromatic rings. The van der Waals surface area contributed by atoms with Crippen LogP contribution < -0.4 is 10.1 Å². The van der Waals surface area contributed by atoms with E-state index in [0.29, 0.717) is 0 Å². The zero-order valence-electron chi connectivity index (χ0n) is 16.2. The quantitative estimate of drug-likeness (QED) is 0.384. The van der Waals surface area contributed by atoms with Crippen LogP contribution in [0.2, 0.25) is 0 Å². The number of benzene rings is 4. The molecule has 1 atom stereocenters. The third-order valence-corrected chi connectivity index (χ3v) is 5.49. The van der Waals surface area contributed by atoms with E-state index in [2.05, 4.69) is 64.5 Å². The molecule has 4 heteroatoms. The van der Waals surface area contributed by atoms with Crippen LogP contribution in [-0.4, -0.2) is 9.55 Å². The molecule has 0 saturated carbocycles. The average Bonchev–Trinajstić information content (AvgIpc) is 3.20. The molecular formula is C26H19N3O. The first kappa shape index (κ1) is 16.9. The summed E-state index contributed by atoms with van der Waals surface area (Å²) < 4.78 is 8.24. The number of aromatic nitrogens is 2. The second-order valence-corrected chi connectivity index (χ2v) is 7.37. The van der Waals surface area contributed by atoms with Crippen LogP contribution in [0.25, 0.3) is 22.4 Å². The molecule has 1 aliphatic heterocycles. The van der Waals surface area contributed by atoms with Crippen molar-refractivity contribution in [2.24, 2.45) is 0 Å². The molecule has 4 nitrogen and oxygen atoms in total. The van der Waals surface area contributed by atoms with Crippen molar-refractivity contribution in [1.29, 1.82) is 0 Å². The van der Waals surface area contributed by atoms with Gasteiger partial charge in [-0.2, -0.15) is 0 Å². The summed E-state index contributed by atoms with van der Waals surface area (Å²) >= 11 is 0. The number of anilines is 1. The molecule has 0 saturated heterocycles. The Morgan fingerprint density at radius 2 is 1.40 bits per heavy atom. The first-order chi connectivity index (χ1) is 14.9. The minimum Gasteiger partial charge on any atom is -0.457 e. The van der Waals surface area contributed by atoms with Crippen molar-refractivity contribution in [3.63, 3.8) is 0 Å². The standard InChI is InChI=1S/C26H19N3O/c1-2-8-19(9-3-1)30-20-16-14-18(15-17-20)25-27-22-11-5-4-10-21(22)26-28-23-12-6-7-13-24(23)29(25)26/h1-17,25,27H. The van der Waals surface area contributed by atoms with Gasteiger partial charge in [0, 0.05) is 11.3 Å². The van der Waals surface area contributed by atoms with Crippen molar-refractivity contribution >= 4 is 16.7 Å². The van der Waals surface area contributed by atoms with E-state index < -0.39 is 0 Å². The molecule has 0 amide bonds. The van der Waals surface area contributed by atoms with Gasteiger partial charge in [0.2, 0.25) is 0 Å². The van der Waals surface area contributed by atoms with Crippen LogP contribution in [0.1, 0.15) is 11.7 Å². The molecule has 0 bridgehead atoms. The normalized spacial score (nSPS) is 14.6. The maximum absolute atomic E-state index is 5.96. The van der Waals surface area contributed by atoms with E-state index in [1.165, 1.54) is 0 Å². The molecule has 1 aliphatic rings. The number of nitrogens with zero attached hydrogens (tertiary/aromatic N) is 2. The van der Waals surface area contributed by atoms with Crippen LogP contribution in [-0.2, 0) is 0 Å². The number of rotatable bonds is 3. The van der Waals surface area contributed by atoms with Gasteiger partial charge in [-0.05, 0) is 54.1 Å². The molecule has 1 aromatic heterocycles. The highest BCUT2D eigenvalue weighted by Crippen LogP contribution is 2.40. The smallest absolute Gasteiger partial charge is 0.145 e. The number of nitrogens with one attached hydrogen (secondary N) is 1. The van der Waals surface area contributed by atoms with Crippen LogP contribution in [0.5, 0.6) is 11.5 Å². The van der Waals surface area contributed by atoms with Gasteiger partial charge in [-0.3, -0.25) is 4.57 Å². The third kappa shape index (κ3) is 2.73. The lowest BCUT2D eigenvalue weighted by Crippen LogP contribution is -2.24. The summed E-state index contributed by atoms with van der Waals surface area (Å²) in [6, 6.07) is 34.7. The number of para-hydroxylation sites is 4. The summed E-state index contributed by atoms with van der Waals surface area (Å²) in [5.74, 6) is 2.63. The van der Waals surface area contributed by atoms with E-state index in [0.717, 1.165) is 45.2 Å². The van der Waals surface area contributed by atoms with E-state index in [1.54, 1.807) is 0 Å². The Hall–Kier alpha value is -4.05. The molecule has 30 heavy (non-hydrogen) atoms. The molecule has 0 radical (unpaired) electrons. The lowest BCUT2D eigenvalue weighted by molar-refractivity contribution is 0.482. The third-order valence-electron chi connectivity index (χ3n) is 5.49. The summed E-state index contributed by atoms with van der Waals surface area (Å²) in [5.41, 5.74) is 5.47. The van der Waals surface area contributed by atoms with Gasteiger partial charge in [0.1, 0.15) is 23.5 Å². The zero-order valence-corrected chi connectivity index (χ0v) is 16.2. The van der Waals surface area contributed by atoms with Crippen LogP contribution >= 0.6 is 0 Å². The highest BCUT2D eigenvalue weighted by Gasteiger charge is 2.27. The number of hydrogen-bond acceptors (Lipinski definition) is 3. The van der Waals surface area contributed by atoms with Crippen molar-refractivity contribution in [3.05, 3.63) is 109 Å². The lowest BCUT2D eigenvalue weighted by Gasteiger charge is -2.30. The van der Waals surface area contributed by atoms with Crippen LogP contribution in [0, 0.1) is 0 Å². The highest BCUT2D eigenvalue weighted by molar-refractivity contribution is 5.86. The van der Waals surface area contributed by atoms with Gasteiger partial charge < -0.3 is 10.1 Å². The molecule has 4 aromatic carbocycles. The summed E-state index contributed by atoms with van der Waals surface area (Å²) in [7, 11) is 0. The predicted molar refractivity (Wildman–Crippen MR) is 120 cm³/mol. The van der Waals surface area contributed by atoms with Gasteiger partial charge in [-0.25, -0.2) is 4.98 Å². The van der Waals surface area contributed by atoms with Gasteiger partial charge in [-0.1, -0.05) is 54.6 Å². The fourth-order valence-corrected chi connectivity index (χ4v) is 4.09. The van der Waals surface area contributed by atoms with Gasteiger partial charge in [0.25, 0.3) is 0 Å². The van der Waals surface area contributed by atoms with Crippen LogP contribution in [0.15, 0.2) is 103 Å². The van der Waals surface area contributed by atoms with E-state index >= 15 is 0 Å². The molecule has 1 unspecified atom stereocenters. The number of fused-ring (bicyclic) bond motifs is 5. The predicted octanol–water partition coefficient (Wildman–Crippen LogP) is 6.47. The molecule has 2 heterocycles. The topological polar surface area (TPSA) is 39.1 Å². The van der Waals surface area contributed by atoms with E-state index in [-0.39, 0.29) is 6.17 Å². The van der Waals surface area contributed by atoms with Gasteiger partial charge in [0.05, 0.1) is 11.0 Å². The molecule has 0 fully saturated rings. The van der Waals surface area contributed by atoms with Crippen molar-refractivity contribution in [2.75, 3.05) is 5.32 Å². The second kappa shape index (κ2) is 6.78. The molecule has 0 spiro atoms. The summed E-state index contributed by atoms with van der Waals surface area (Å²) in [6.07, 6.45) is -0.0481. The zero-order chi connectivity index (χ0) is 19.9. The minimum absolute atomic E-state index is 0.0481. The second-order valence-electron chi connectivity index (χ2n) is 7.37. The van der Waals surface area contributed by atoms with Crippen LogP contribution in [0.3, 0.4) is 0 Å². The van der Waals surface area contributed by atoms with Gasteiger partial charge in [0.15, 0.2) is 0 Å². The molecular weight excluding hydrogens is 370 g/mol. The SMILES string of the molecule is c1ccc(Oc2ccc(C3Nc4ccccc4-c4nc5ccccc5n43)cc2)cc1. The monoisotopic (exact) mass is 389 g/mol. The summed E-state index contributed by atoms with van der Waals surface area (Å²) in [5, 5.41) is 3.70. The van der Waals surface area contributed by atoms with E-state index in [9.17, 15) is 0 Å². The maximum atomic E-state index is 5.96. The molecule has 6 rings (SSSR count). The lowest BCUT2D eigenvalue weighted by atomic mass is 10.1. The Morgan fingerprint density at radius 1 is 0.700 bits per heavy atom. The number of imidazole rings is 1. The van der Waals surface area contributed by atoms with Crippen LogP contribution in [0.4, 0.5) is 5.69 Å². The fraction of sp³-hybridized carbons (Fsp3) is 0.0385. The van der Waals surface area contributed by atoms with Gasteiger partial charge in [-0.15, -0.1) is 0 Å². The first-order valence-electron chi connectivity index (χ1n) is 10.0. The van der Waals surface area contributed by atoms with E-state index in [1.807, 2.05) is 48.5 Å². The van der Waals surface area contributed by atoms with E-state index in [4.69, 9.17) is 9.72 Å². The Labute approximate surface area is 174 Å². The largest absolute Gasteiger partial charge is 0.457 e. The number of hydrogen-bond donors (Lipinski definition) is 1. The van der Waals surface area contributed by atoms with Crippen molar-refractivity contribution < 1.29 is 4.74 Å². The Morgan fingerprint density at radius 3 is 2.27 bits per heavy atom. The average molecular weight is 389 g/mol. The van der Waals surface area contributed by atoms with Crippen molar-refractivity contribution in [1.82, 2.24) is 9.55 Å². The minimum atomic E-state index is -0.0481. The number of ether oxygens (including phenoxy) is 1. The highest BCUT2D eigenvalue weighted by atomic mass is 16.5. The van der Waals surface area contributed by atoms with Crippen molar-refractivity contribution in [2.45, 2.75) is 6.17 Å².